The van der Waals surface area contributed by atoms with Crippen LogP contribution in [0, 0.1) is 11.3 Å². The molecule has 0 aromatic carbocycles. The molecule has 2 rings (SSSR count). The fourth-order valence-electron chi connectivity index (χ4n) is 1.87. The summed E-state index contributed by atoms with van der Waals surface area (Å²) in [5.41, 5.74) is 5.22. The van der Waals surface area contributed by atoms with E-state index in [1.807, 2.05) is 0 Å². The van der Waals surface area contributed by atoms with Gasteiger partial charge in [-0.15, -0.1) is 11.8 Å². The zero-order valence-electron chi connectivity index (χ0n) is 9.83. The SMILES string of the molecule is N=C(N)CCSC1=C(C(=O)O)N2C(=O)[C@H](CO)[C@H]2S1. The summed E-state index contributed by atoms with van der Waals surface area (Å²) in [4.78, 5) is 24.2. The van der Waals surface area contributed by atoms with Crippen molar-refractivity contribution in [2.45, 2.75) is 11.8 Å². The molecule has 1 saturated heterocycles. The molecule has 5 N–H and O–H groups in total. The van der Waals surface area contributed by atoms with E-state index in [1.165, 1.54) is 28.4 Å². The minimum absolute atomic E-state index is 0.0155. The van der Waals surface area contributed by atoms with Gasteiger partial charge in [0.1, 0.15) is 5.37 Å². The molecule has 7 nitrogen and oxygen atoms in total. The van der Waals surface area contributed by atoms with Gasteiger partial charge in [0.2, 0.25) is 5.91 Å². The number of carboxylic acid groups (broad SMARTS) is 1. The molecular formula is C10H13N3O4S2. The molecule has 0 unspecified atom stereocenters. The third kappa shape index (κ3) is 2.45. The van der Waals surface area contributed by atoms with Gasteiger partial charge >= 0.3 is 5.97 Å². The monoisotopic (exact) mass is 303 g/mol. The Bertz CT molecular complexity index is 479. The number of fused-ring (bicyclic) bond motifs is 1. The number of β-lactam (4-membered cyclic amide) rings is 1. The highest BCUT2D eigenvalue weighted by atomic mass is 32.2. The summed E-state index contributed by atoms with van der Waals surface area (Å²) in [6.45, 7) is -0.273. The summed E-state index contributed by atoms with van der Waals surface area (Å²) >= 11 is 2.56. The average Bonchev–Trinajstić information content (AvgIpc) is 2.65. The molecule has 0 saturated carbocycles. The second-order valence-electron chi connectivity index (χ2n) is 4.07. The van der Waals surface area contributed by atoms with Gasteiger partial charge in [-0.1, -0.05) is 11.8 Å². The number of carboxylic acids is 1. The molecule has 2 atom stereocenters. The highest BCUT2D eigenvalue weighted by Gasteiger charge is 2.55. The lowest BCUT2D eigenvalue weighted by Crippen LogP contribution is -2.58. The predicted octanol–water partition coefficient (Wildman–Crippen LogP) is -0.177. The van der Waals surface area contributed by atoms with Crippen LogP contribution in [0.15, 0.2) is 9.93 Å². The Balaban J connectivity index is 2.11. The van der Waals surface area contributed by atoms with Crippen LogP contribution < -0.4 is 5.73 Å². The lowest BCUT2D eigenvalue weighted by atomic mass is 9.99. The number of hydrogen-bond donors (Lipinski definition) is 4. The van der Waals surface area contributed by atoms with E-state index in [0.29, 0.717) is 16.4 Å². The van der Waals surface area contributed by atoms with Crippen LogP contribution in [-0.2, 0) is 9.59 Å². The summed E-state index contributed by atoms with van der Waals surface area (Å²) in [5.74, 6) is -1.48. The lowest BCUT2D eigenvalue weighted by molar-refractivity contribution is -0.153. The first-order chi connectivity index (χ1) is 8.97. The normalized spacial score (nSPS) is 25.3. The highest BCUT2D eigenvalue weighted by molar-refractivity contribution is 8.22. The first-order valence-electron chi connectivity index (χ1n) is 5.51. The van der Waals surface area contributed by atoms with Crippen LogP contribution in [0.4, 0.5) is 0 Å². The van der Waals surface area contributed by atoms with Crippen LogP contribution in [0.25, 0.3) is 0 Å². The second-order valence-corrected chi connectivity index (χ2v) is 6.56. The molecule has 0 aliphatic carbocycles. The number of nitrogens with one attached hydrogen (secondary N) is 1. The number of aliphatic hydroxyl groups is 1. The average molecular weight is 303 g/mol. The second kappa shape index (κ2) is 5.43. The van der Waals surface area contributed by atoms with Gasteiger partial charge in [-0.2, -0.15) is 0 Å². The summed E-state index contributed by atoms with van der Waals surface area (Å²) in [5, 5.41) is 25.1. The first-order valence-corrected chi connectivity index (χ1v) is 7.37. The largest absolute Gasteiger partial charge is 0.477 e. The fraction of sp³-hybridized carbons (Fsp3) is 0.500. The molecule has 2 heterocycles. The predicted molar refractivity (Wildman–Crippen MR) is 72.5 cm³/mol. The number of rotatable bonds is 6. The third-order valence-electron chi connectivity index (χ3n) is 2.82. The molecule has 0 spiro atoms. The zero-order chi connectivity index (χ0) is 14.2. The van der Waals surface area contributed by atoms with Crippen LogP contribution >= 0.6 is 23.5 Å². The number of amidine groups is 1. The number of nitrogens with two attached hydrogens (primary N) is 1. The van der Waals surface area contributed by atoms with Crippen LogP contribution in [0.2, 0.25) is 0 Å². The van der Waals surface area contributed by atoms with Crippen molar-refractivity contribution in [1.29, 1.82) is 5.41 Å². The molecule has 1 amide bonds. The van der Waals surface area contributed by atoms with Gasteiger partial charge in [-0.05, 0) is 0 Å². The van der Waals surface area contributed by atoms with Gasteiger partial charge < -0.3 is 15.9 Å². The Labute approximate surface area is 117 Å². The number of carbonyl (C=O) groups is 2. The Hall–Kier alpha value is -1.19. The number of nitrogens with zero attached hydrogens (tertiary/aromatic N) is 1. The third-order valence-corrected chi connectivity index (χ3v) is 5.51. The van der Waals surface area contributed by atoms with E-state index < -0.39 is 11.9 Å². The molecule has 0 aromatic rings. The van der Waals surface area contributed by atoms with E-state index in [9.17, 15) is 14.7 Å². The van der Waals surface area contributed by atoms with Gasteiger partial charge in [0.15, 0.2) is 5.70 Å². The van der Waals surface area contributed by atoms with Crippen molar-refractivity contribution in [3.63, 3.8) is 0 Å². The summed E-state index contributed by atoms with van der Waals surface area (Å²) < 4.78 is 0.544. The van der Waals surface area contributed by atoms with E-state index in [2.05, 4.69) is 0 Å². The van der Waals surface area contributed by atoms with Crippen LogP contribution in [0.1, 0.15) is 6.42 Å². The van der Waals surface area contributed by atoms with Gasteiger partial charge in [0, 0.05) is 12.2 Å². The summed E-state index contributed by atoms with van der Waals surface area (Å²) in [6, 6.07) is 0. The van der Waals surface area contributed by atoms with Crippen LogP contribution in [0.5, 0.6) is 0 Å². The number of carbonyl (C=O) groups excluding carboxylic acids is 1. The molecule has 1 fully saturated rings. The van der Waals surface area contributed by atoms with Crippen molar-refractivity contribution in [2.75, 3.05) is 12.4 Å². The van der Waals surface area contributed by atoms with Crippen molar-refractivity contribution in [3.8, 4) is 0 Å². The van der Waals surface area contributed by atoms with E-state index in [0.717, 1.165) is 0 Å². The van der Waals surface area contributed by atoms with Crippen molar-refractivity contribution >= 4 is 41.2 Å². The smallest absolute Gasteiger partial charge is 0.354 e. The minimum Gasteiger partial charge on any atom is -0.477 e. The molecule has 9 heteroatoms. The summed E-state index contributed by atoms with van der Waals surface area (Å²) in [6.07, 6.45) is 0.365. The summed E-state index contributed by atoms with van der Waals surface area (Å²) in [7, 11) is 0. The molecule has 2 aliphatic rings. The van der Waals surface area contributed by atoms with Crippen molar-refractivity contribution < 1.29 is 19.8 Å². The quantitative estimate of drug-likeness (QED) is 0.304. The molecule has 2 aliphatic heterocycles. The van der Waals surface area contributed by atoms with E-state index in [-0.39, 0.29) is 29.4 Å². The van der Waals surface area contributed by atoms with E-state index in [4.69, 9.17) is 16.2 Å². The van der Waals surface area contributed by atoms with Crippen LogP contribution in [-0.4, -0.2) is 50.6 Å². The molecule has 0 bridgehead atoms. The number of aliphatic hydroxyl groups excluding tert-OH is 1. The number of amides is 1. The van der Waals surface area contributed by atoms with Gasteiger partial charge in [0.05, 0.1) is 22.6 Å². The van der Waals surface area contributed by atoms with Crippen LogP contribution in [0.3, 0.4) is 0 Å². The standard InChI is InChI=1S/C10H13N3O4S2/c11-5(12)1-2-18-10-6(9(16)17)13-7(15)4(3-14)8(13)19-10/h4,8,14H,1-3H2,(H3,11,12)(H,16,17)/t4-,8+/m0/s1. The van der Waals surface area contributed by atoms with Crippen molar-refractivity contribution in [2.24, 2.45) is 11.7 Å². The fourth-order valence-corrected chi connectivity index (χ4v) is 4.72. The number of hydrogen-bond acceptors (Lipinski definition) is 6. The maximum absolute atomic E-state index is 11.7. The maximum atomic E-state index is 11.7. The van der Waals surface area contributed by atoms with Gasteiger partial charge in [-0.3, -0.25) is 15.1 Å². The number of thioether (sulfide) groups is 2. The molecule has 0 radical (unpaired) electrons. The van der Waals surface area contributed by atoms with Gasteiger partial charge in [-0.25, -0.2) is 4.79 Å². The molecule has 19 heavy (non-hydrogen) atoms. The Morgan fingerprint density at radius 1 is 1.58 bits per heavy atom. The van der Waals surface area contributed by atoms with Crippen molar-refractivity contribution in [3.05, 3.63) is 9.93 Å². The Morgan fingerprint density at radius 2 is 2.26 bits per heavy atom. The molecular weight excluding hydrogens is 290 g/mol. The van der Waals surface area contributed by atoms with E-state index in [1.54, 1.807) is 0 Å². The minimum atomic E-state index is -1.15. The topological polar surface area (TPSA) is 128 Å². The maximum Gasteiger partial charge on any atom is 0.354 e. The lowest BCUT2D eigenvalue weighted by Gasteiger charge is -2.41. The van der Waals surface area contributed by atoms with Gasteiger partial charge in [0.25, 0.3) is 0 Å². The first kappa shape index (κ1) is 14.2. The zero-order valence-corrected chi connectivity index (χ0v) is 11.5. The highest BCUT2D eigenvalue weighted by Crippen LogP contribution is 2.52. The Kier molecular flexibility index (Phi) is 4.07. The van der Waals surface area contributed by atoms with Crippen molar-refractivity contribution in [1.82, 2.24) is 4.90 Å². The molecule has 0 aromatic heterocycles. The number of aliphatic carboxylic acids is 1. The Morgan fingerprint density at radius 3 is 2.79 bits per heavy atom. The van der Waals surface area contributed by atoms with E-state index >= 15 is 0 Å². The molecule has 104 valence electrons.